The Balaban J connectivity index is 1.90. The van der Waals surface area contributed by atoms with E-state index in [2.05, 4.69) is 4.99 Å². The van der Waals surface area contributed by atoms with E-state index in [4.69, 9.17) is 27.9 Å². The minimum atomic E-state index is 0.535. The van der Waals surface area contributed by atoms with Crippen molar-refractivity contribution in [2.75, 3.05) is 7.11 Å². The molecule has 2 aromatic carbocycles. The molecule has 0 unspecified atom stereocenters. The average Bonchev–Trinajstić information content (AvgIpc) is 3.04. The van der Waals surface area contributed by atoms with Crippen LogP contribution >= 0.6 is 23.2 Å². The van der Waals surface area contributed by atoms with Gasteiger partial charge in [-0.05, 0) is 55.0 Å². The predicted octanol–water partition coefficient (Wildman–Crippen LogP) is 5.85. The van der Waals surface area contributed by atoms with Crippen molar-refractivity contribution in [1.29, 1.82) is 0 Å². The van der Waals surface area contributed by atoms with E-state index in [1.165, 1.54) is 0 Å². The first-order chi connectivity index (χ1) is 11.6. The SMILES string of the molecule is COc1ccc(N=Cc2cccn2-c2ccc(C)c(Cl)c2)cc1Cl. The number of ether oxygens (including phenoxy) is 1. The molecule has 3 rings (SSSR count). The number of methoxy groups -OCH3 is 1. The fourth-order valence-corrected chi connectivity index (χ4v) is 2.77. The first-order valence-electron chi connectivity index (χ1n) is 7.40. The summed E-state index contributed by atoms with van der Waals surface area (Å²) in [5.74, 6) is 0.633. The van der Waals surface area contributed by atoms with Gasteiger partial charge in [0.1, 0.15) is 5.75 Å². The lowest BCUT2D eigenvalue weighted by molar-refractivity contribution is 0.415. The first-order valence-corrected chi connectivity index (χ1v) is 8.15. The van der Waals surface area contributed by atoms with Crippen molar-refractivity contribution < 1.29 is 4.74 Å². The van der Waals surface area contributed by atoms with Crippen LogP contribution in [0.3, 0.4) is 0 Å². The molecule has 5 heteroatoms. The zero-order valence-electron chi connectivity index (χ0n) is 13.3. The van der Waals surface area contributed by atoms with Crippen LogP contribution in [0, 0.1) is 6.92 Å². The van der Waals surface area contributed by atoms with Crippen LogP contribution in [0.25, 0.3) is 5.69 Å². The predicted molar refractivity (Wildman–Crippen MR) is 101 cm³/mol. The molecule has 0 spiro atoms. The summed E-state index contributed by atoms with van der Waals surface area (Å²) in [6.45, 7) is 1.98. The topological polar surface area (TPSA) is 26.5 Å². The summed E-state index contributed by atoms with van der Waals surface area (Å²) in [5, 5.41) is 1.28. The van der Waals surface area contributed by atoms with Crippen molar-refractivity contribution in [2.45, 2.75) is 6.92 Å². The Kier molecular flexibility index (Phi) is 4.93. The highest BCUT2D eigenvalue weighted by Gasteiger charge is 2.04. The molecule has 3 aromatic rings. The van der Waals surface area contributed by atoms with E-state index < -0.39 is 0 Å². The van der Waals surface area contributed by atoms with E-state index >= 15 is 0 Å². The van der Waals surface area contributed by atoms with Crippen LogP contribution in [0.5, 0.6) is 5.75 Å². The summed E-state index contributed by atoms with van der Waals surface area (Å²) in [5.41, 5.74) is 3.75. The maximum atomic E-state index is 6.23. The molecule has 0 aliphatic rings. The Bertz CT molecular complexity index is 900. The first kappa shape index (κ1) is 16.6. The Morgan fingerprint density at radius 2 is 1.88 bits per heavy atom. The van der Waals surface area contributed by atoms with Gasteiger partial charge in [0.2, 0.25) is 0 Å². The van der Waals surface area contributed by atoms with Crippen molar-refractivity contribution in [3.8, 4) is 11.4 Å². The van der Waals surface area contributed by atoms with Crippen LogP contribution in [-0.2, 0) is 0 Å². The van der Waals surface area contributed by atoms with Gasteiger partial charge in [-0.25, -0.2) is 0 Å². The molecule has 0 aliphatic carbocycles. The minimum absolute atomic E-state index is 0.535. The van der Waals surface area contributed by atoms with E-state index in [0.29, 0.717) is 10.8 Å². The van der Waals surface area contributed by atoms with Gasteiger partial charge in [0.15, 0.2) is 0 Å². The molecule has 0 N–H and O–H groups in total. The molecule has 24 heavy (non-hydrogen) atoms. The molecule has 0 saturated carbocycles. The molecule has 0 atom stereocenters. The van der Waals surface area contributed by atoms with Gasteiger partial charge < -0.3 is 9.30 Å². The fourth-order valence-electron chi connectivity index (χ4n) is 2.34. The van der Waals surface area contributed by atoms with Crippen molar-refractivity contribution in [3.63, 3.8) is 0 Å². The molecule has 0 radical (unpaired) electrons. The van der Waals surface area contributed by atoms with Crippen LogP contribution in [-0.4, -0.2) is 17.9 Å². The van der Waals surface area contributed by atoms with Crippen molar-refractivity contribution in [1.82, 2.24) is 4.57 Å². The highest BCUT2D eigenvalue weighted by atomic mass is 35.5. The lowest BCUT2D eigenvalue weighted by atomic mass is 10.2. The number of hydrogen-bond acceptors (Lipinski definition) is 2. The van der Waals surface area contributed by atoms with Crippen LogP contribution in [0.15, 0.2) is 59.7 Å². The Morgan fingerprint density at radius 3 is 2.58 bits per heavy atom. The summed E-state index contributed by atoms with van der Waals surface area (Å²) in [6.07, 6.45) is 3.77. The number of benzene rings is 2. The molecule has 0 bridgehead atoms. The average molecular weight is 359 g/mol. The maximum Gasteiger partial charge on any atom is 0.137 e. The Morgan fingerprint density at radius 1 is 1.04 bits per heavy atom. The third kappa shape index (κ3) is 3.48. The highest BCUT2D eigenvalue weighted by Crippen LogP contribution is 2.28. The van der Waals surface area contributed by atoms with E-state index in [1.54, 1.807) is 25.5 Å². The van der Waals surface area contributed by atoms with Crippen molar-refractivity contribution >= 4 is 35.1 Å². The van der Waals surface area contributed by atoms with Crippen LogP contribution in [0.2, 0.25) is 10.0 Å². The number of halogens is 2. The maximum absolute atomic E-state index is 6.23. The van der Waals surface area contributed by atoms with Gasteiger partial charge in [-0.1, -0.05) is 29.3 Å². The van der Waals surface area contributed by atoms with Crippen LogP contribution in [0.1, 0.15) is 11.3 Å². The number of rotatable bonds is 4. The smallest absolute Gasteiger partial charge is 0.137 e. The molecule has 3 nitrogen and oxygen atoms in total. The van der Waals surface area contributed by atoms with Crippen LogP contribution in [0.4, 0.5) is 5.69 Å². The van der Waals surface area contributed by atoms with Crippen molar-refractivity contribution in [2.24, 2.45) is 4.99 Å². The molecule has 0 fully saturated rings. The molecule has 0 saturated heterocycles. The van der Waals surface area contributed by atoms with Gasteiger partial charge in [0.25, 0.3) is 0 Å². The monoisotopic (exact) mass is 358 g/mol. The number of aliphatic imine (C=N–C) groups is 1. The van der Waals surface area contributed by atoms with Crippen molar-refractivity contribution in [3.05, 3.63) is 76.0 Å². The number of nitrogens with zero attached hydrogens (tertiary/aromatic N) is 2. The molecular formula is C19H16Cl2N2O. The molecule has 1 heterocycles. The third-order valence-corrected chi connectivity index (χ3v) is 4.40. The summed E-state index contributed by atoms with van der Waals surface area (Å²) in [7, 11) is 1.59. The molecular weight excluding hydrogens is 343 g/mol. The van der Waals surface area contributed by atoms with E-state index in [1.807, 2.05) is 54.1 Å². The summed E-state index contributed by atoms with van der Waals surface area (Å²) in [4.78, 5) is 4.49. The van der Waals surface area contributed by atoms with E-state index in [9.17, 15) is 0 Å². The second-order valence-electron chi connectivity index (χ2n) is 5.31. The summed E-state index contributed by atoms with van der Waals surface area (Å²) in [6, 6.07) is 15.4. The highest BCUT2D eigenvalue weighted by molar-refractivity contribution is 6.32. The van der Waals surface area contributed by atoms with Gasteiger partial charge in [0, 0.05) is 16.9 Å². The van der Waals surface area contributed by atoms with Gasteiger partial charge >= 0.3 is 0 Å². The number of aromatic nitrogens is 1. The zero-order valence-corrected chi connectivity index (χ0v) is 14.8. The van der Waals surface area contributed by atoms with Gasteiger partial charge in [-0.2, -0.15) is 0 Å². The van der Waals surface area contributed by atoms with Gasteiger partial charge in [-0.15, -0.1) is 0 Å². The Hall–Kier alpha value is -2.23. The standard InChI is InChI=1S/C19H16Cl2N2O/c1-13-5-7-15(11-17(13)20)23-9-3-4-16(23)12-22-14-6-8-19(24-2)18(21)10-14/h3-12H,1-2H3. The number of hydrogen-bond donors (Lipinski definition) is 0. The van der Waals surface area contributed by atoms with Gasteiger partial charge in [-0.3, -0.25) is 4.99 Å². The second-order valence-corrected chi connectivity index (χ2v) is 6.13. The largest absolute Gasteiger partial charge is 0.495 e. The minimum Gasteiger partial charge on any atom is -0.495 e. The lowest BCUT2D eigenvalue weighted by Crippen LogP contribution is -1.98. The molecule has 0 amide bonds. The molecule has 122 valence electrons. The normalized spacial score (nSPS) is 11.2. The fraction of sp³-hybridized carbons (Fsp3) is 0.105. The zero-order chi connectivity index (χ0) is 17.1. The number of aryl methyl sites for hydroxylation is 1. The molecule has 0 aliphatic heterocycles. The van der Waals surface area contributed by atoms with Gasteiger partial charge in [0.05, 0.1) is 29.7 Å². The van der Waals surface area contributed by atoms with E-state index in [0.717, 1.165) is 27.7 Å². The van der Waals surface area contributed by atoms with E-state index in [-0.39, 0.29) is 0 Å². The lowest BCUT2D eigenvalue weighted by Gasteiger charge is -2.08. The second kappa shape index (κ2) is 7.12. The van der Waals surface area contributed by atoms with Crippen LogP contribution < -0.4 is 4.74 Å². The third-order valence-electron chi connectivity index (χ3n) is 3.70. The summed E-state index contributed by atoms with van der Waals surface area (Å²) < 4.78 is 7.18. The quantitative estimate of drug-likeness (QED) is 0.537. The molecule has 1 aromatic heterocycles. The summed E-state index contributed by atoms with van der Waals surface area (Å²) >= 11 is 12.4. The Labute approximate surface area is 151 Å².